The number of hydrogen-bond donors (Lipinski definition) is 2. The van der Waals surface area contributed by atoms with Gasteiger partial charge in [0.1, 0.15) is 0 Å². The maximum absolute atomic E-state index is 9.02. The summed E-state index contributed by atoms with van der Waals surface area (Å²) in [6.45, 7) is 3.46. The zero-order chi connectivity index (χ0) is 10.2. The van der Waals surface area contributed by atoms with Crippen LogP contribution in [0.2, 0.25) is 0 Å². The van der Waals surface area contributed by atoms with Crippen LogP contribution in [-0.4, -0.2) is 27.7 Å². The van der Waals surface area contributed by atoms with Gasteiger partial charge < -0.3 is 10.4 Å². The molecule has 0 spiro atoms. The molecule has 1 aromatic heterocycles. The van der Waals surface area contributed by atoms with Gasteiger partial charge in [0.2, 0.25) is 0 Å². The lowest BCUT2D eigenvalue weighted by Crippen LogP contribution is -2.17. The molecule has 0 aliphatic rings. The molecule has 0 fully saturated rings. The van der Waals surface area contributed by atoms with Gasteiger partial charge >= 0.3 is 0 Å². The summed E-state index contributed by atoms with van der Waals surface area (Å²) < 4.78 is 0. The van der Waals surface area contributed by atoms with E-state index < -0.39 is 0 Å². The second kappa shape index (κ2) is 6.45. The van der Waals surface area contributed by atoms with Crippen LogP contribution in [0, 0.1) is 0 Å². The van der Waals surface area contributed by atoms with Crippen LogP contribution in [0.15, 0.2) is 18.6 Å². The van der Waals surface area contributed by atoms with Gasteiger partial charge in [0.15, 0.2) is 0 Å². The largest absolute Gasteiger partial charge is 0.393 e. The van der Waals surface area contributed by atoms with E-state index in [1.807, 2.05) is 6.92 Å². The average molecular weight is 195 g/mol. The Bertz CT molecular complexity index is 238. The fourth-order valence-corrected chi connectivity index (χ4v) is 1.16. The number of aliphatic hydroxyl groups excluding tert-OH is 1. The quantitative estimate of drug-likeness (QED) is 0.657. The Labute approximate surface area is 84.4 Å². The number of hydrogen-bond acceptors (Lipinski definition) is 4. The minimum Gasteiger partial charge on any atom is -0.393 e. The second-order valence-electron chi connectivity index (χ2n) is 3.36. The predicted molar refractivity (Wildman–Crippen MR) is 54.7 cm³/mol. The van der Waals surface area contributed by atoms with Crippen LogP contribution in [0.25, 0.3) is 0 Å². The topological polar surface area (TPSA) is 58.0 Å². The Morgan fingerprint density at radius 3 is 3.00 bits per heavy atom. The average Bonchev–Trinajstić information content (AvgIpc) is 2.18. The molecule has 1 aromatic rings. The molecule has 1 atom stereocenters. The van der Waals surface area contributed by atoms with Crippen molar-refractivity contribution in [2.24, 2.45) is 0 Å². The normalized spacial score (nSPS) is 12.7. The van der Waals surface area contributed by atoms with Crippen molar-refractivity contribution in [3.63, 3.8) is 0 Å². The molecule has 0 saturated heterocycles. The van der Waals surface area contributed by atoms with Gasteiger partial charge in [-0.2, -0.15) is 0 Å². The highest BCUT2D eigenvalue weighted by Crippen LogP contribution is 1.94. The zero-order valence-electron chi connectivity index (χ0n) is 8.48. The first-order valence-corrected chi connectivity index (χ1v) is 4.92. The van der Waals surface area contributed by atoms with Crippen molar-refractivity contribution in [1.82, 2.24) is 15.3 Å². The van der Waals surface area contributed by atoms with Crippen molar-refractivity contribution >= 4 is 0 Å². The Balaban J connectivity index is 2.05. The zero-order valence-corrected chi connectivity index (χ0v) is 8.48. The number of aromatic nitrogens is 2. The highest BCUT2D eigenvalue weighted by atomic mass is 16.3. The van der Waals surface area contributed by atoms with Crippen molar-refractivity contribution in [3.8, 4) is 0 Å². The molecule has 4 heteroatoms. The third-order valence-electron chi connectivity index (χ3n) is 1.90. The molecule has 4 nitrogen and oxygen atoms in total. The SMILES string of the molecule is CC(O)CCCNCc1cnccn1. The molecule has 0 aromatic carbocycles. The van der Waals surface area contributed by atoms with Crippen molar-refractivity contribution in [3.05, 3.63) is 24.3 Å². The summed E-state index contributed by atoms with van der Waals surface area (Å²) in [6.07, 6.45) is 6.73. The lowest BCUT2D eigenvalue weighted by Gasteiger charge is -2.05. The summed E-state index contributed by atoms with van der Waals surface area (Å²) in [6, 6.07) is 0. The summed E-state index contributed by atoms with van der Waals surface area (Å²) in [5.74, 6) is 0. The summed E-state index contributed by atoms with van der Waals surface area (Å²) in [7, 11) is 0. The van der Waals surface area contributed by atoms with Gasteiger partial charge in [-0.15, -0.1) is 0 Å². The molecule has 1 unspecified atom stereocenters. The first-order valence-electron chi connectivity index (χ1n) is 4.92. The van der Waals surface area contributed by atoms with E-state index in [0.29, 0.717) is 0 Å². The maximum atomic E-state index is 9.02. The molecule has 0 amide bonds. The summed E-state index contributed by atoms with van der Waals surface area (Å²) in [5, 5.41) is 12.3. The van der Waals surface area contributed by atoms with Crippen LogP contribution in [0.5, 0.6) is 0 Å². The fourth-order valence-electron chi connectivity index (χ4n) is 1.16. The van der Waals surface area contributed by atoms with Crippen molar-refractivity contribution in [1.29, 1.82) is 0 Å². The summed E-state index contributed by atoms with van der Waals surface area (Å²) in [4.78, 5) is 8.11. The summed E-state index contributed by atoms with van der Waals surface area (Å²) in [5.41, 5.74) is 0.949. The van der Waals surface area contributed by atoms with E-state index in [4.69, 9.17) is 5.11 Å². The third kappa shape index (κ3) is 4.89. The lowest BCUT2D eigenvalue weighted by atomic mass is 10.2. The van der Waals surface area contributed by atoms with Gasteiger partial charge in [0.25, 0.3) is 0 Å². The van der Waals surface area contributed by atoms with Gasteiger partial charge in [-0.1, -0.05) is 0 Å². The molecule has 0 radical (unpaired) electrons. The highest BCUT2D eigenvalue weighted by molar-refractivity contribution is 4.93. The van der Waals surface area contributed by atoms with Crippen molar-refractivity contribution in [2.45, 2.75) is 32.4 Å². The Morgan fingerprint density at radius 1 is 1.50 bits per heavy atom. The van der Waals surface area contributed by atoms with E-state index in [1.54, 1.807) is 18.6 Å². The van der Waals surface area contributed by atoms with Gasteiger partial charge in [-0.05, 0) is 26.3 Å². The van der Waals surface area contributed by atoms with Gasteiger partial charge in [-0.3, -0.25) is 9.97 Å². The Morgan fingerprint density at radius 2 is 2.36 bits per heavy atom. The molecule has 0 saturated carbocycles. The molecule has 78 valence electrons. The second-order valence-corrected chi connectivity index (χ2v) is 3.36. The standard InChI is InChI=1S/C10H17N3O/c1-9(14)3-2-4-11-7-10-8-12-5-6-13-10/h5-6,8-9,11,14H,2-4,7H2,1H3. The molecule has 1 heterocycles. The third-order valence-corrected chi connectivity index (χ3v) is 1.90. The van der Waals surface area contributed by atoms with E-state index in [-0.39, 0.29) is 6.10 Å². The van der Waals surface area contributed by atoms with E-state index >= 15 is 0 Å². The highest BCUT2D eigenvalue weighted by Gasteiger charge is 1.95. The first-order chi connectivity index (χ1) is 6.79. The van der Waals surface area contributed by atoms with Crippen LogP contribution in [0.4, 0.5) is 0 Å². The predicted octanol–water partition coefficient (Wildman–Crippen LogP) is 0.727. The molecule has 14 heavy (non-hydrogen) atoms. The van der Waals surface area contributed by atoms with Crippen LogP contribution < -0.4 is 5.32 Å². The van der Waals surface area contributed by atoms with Crippen LogP contribution in [0.1, 0.15) is 25.5 Å². The fraction of sp³-hybridized carbons (Fsp3) is 0.600. The van der Waals surface area contributed by atoms with E-state index in [0.717, 1.165) is 31.6 Å². The maximum Gasteiger partial charge on any atom is 0.0724 e. The minimum atomic E-state index is -0.201. The van der Waals surface area contributed by atoms with Gasteiger partial charge in [-0.25, -0.2) is 0 Å². The van der Waals surface area contributed by atoms with E-state index in [1.165, 1.54) is 0 Å². The van der Waals surface area contributed by atoms with Crippen molar-refractivity contribution in [2.75, 3.05) is 6.54 Å². The van der Waals surface area contributed by atoms with Gasteiger partial charge in [0.05, 0.1) is 11.8 Å². The van der Waals surface area contributed by atoms with Crippen LogP contribution >= 0.6 is 0 Å². The lowest BCUT2D eigenvalue weighted by molar-refractivity contribution is 0.181. The molecule has 2 N–H and O–H groups in total. The number of nitrogens with one attached hydrogen (secondary N) is 1. The number of nitrogens with zero attached hydrogens (tertiary/aromatic N) is 2. The first kappa shape index (κ1) is 11.1. The van der Waals surface area contributed by atoms with E-state index in [9.17, 15) is 0 Å². The number of aliphatic hydroxyl groups is 1. The molecular weight excluding hydrogens is 178 g/mol. The molecule has 1 rings (SSSR count). The van der Waals surface area contributed by atoms with E-state index in [2.05, 4.69) is 15.3 Å². The molecular formula is C10H17N3O. The smallest absolute Gasteiger partial charge is 0.0724 e. The van der Waals surface area contributed by atoms with Crippen LogP contribution in [0.3, 0.4) is 0 Å². The van der Waals surface area contributed by atoms with Crippen molar-refractivity contribution < 1.29 is 5.11 Å². The van der Waals surface area contributed by atoms with Crippen LogP contribution in [-0.2, 0) is 6.54 Å². The minimum absolute atomic E-state index is 0.201. The summed E-state index contributed by atoms with van der Waals surface area (Å²) >= 11 is 0. The Kier molecular flexibility index (Phi) is 5.11. The van der Waals surface area contributed by atoms with Gasteiger partial charge in [0, 0.05) is 25.1 Å². The monoisotopic (exact) mass is 195 g/mol. The number of rotatable bonds is 6. The molecule has 0 bridgehead atoms. The Hall–Kier alpha value is -1.00. The molecule has 0 aliphatic carbocycles. The molecule has 0 aliphatic heterocycles.